The molecule has 5 nitrogen and oxygen atoms in total. The van der Waals surface area contributed by atoms with Crippen molar-refractivity contribution in [3.8, 4) is 17.1 Å². The lowest BCUT2D eigenvalue weighted by Gasteiger charge is -2.15. The van der Waals surface area contributed by atoms with E-state index in [9.17, 15) is 5.11 Å². The molecule has 2 heterocycles. The van der Waals surface area contributed by atoms with Crippen molar-refractivity contribution in [1.82, 2.24) is 15.3 Å². The lowest BCUT2D eigenvalue weighted by Crippen LogP contribution is -2.23. The molecule has 2 aromatic carbocycles. The van der Waals surface area contributed by atoms with Crippen LogP contribution < -0.4 is 10.6 Å². The van der Waals surface area contributed by atoms with Crippen LogP contribution in [0.25, 0.3) is 22.3 Å². The molecule has 4 rings (SSSR count). The zero-order valence-corrected chi connectivity index (χ0v) is 13.7. The summed E-state index contributed by atoms with van der Waals surface area (Å²) in [6.45, 7) is 1.91. The van der Waals surface area contributed by atoms with Gasteiger partial charge in [0, 0.05) is 23.0 Å². The van der Waals surface area contributed by atoms with Gasteiger partial charge >= 0.3 is 0 Å². The maximum Gasteiger partial charge on any atom is 0.165 e. The van der Waals surface area contributed by atoms with E-state index in [-0.39, 0.29) is 5.75 Å². The summed E-state index contributed by atoms with van der Waals surface area (Å²) >= 11 is 6.13. The predicted molar refractivity (Wildman–Crippen MR) is 96.5 cm³/mol. The highest BCUT2D eigenvalue weighted by Gasteiger charge is 2.18. The van der Waals surface area contributed by atoms with E-state index in [0.717, 1.165) is 36.2 Å². The lowest BCUT2D eigenvalue weighted by atomic mass is 10.1. The number of para-hydroxylation sites is 1. The summed E-state index contributed by atoms with van der Waals surface area (Å²) < 4.78 is 0. The summed E-state index contributed by atoms with van der Waals surface area (Å²) in [5.41, 5.74) is 1.36. The molecule has 0 saturated carbocycles. The first-order chi connectivity index (χ1) is 11.7. The molecule has 0 amide bonds. The van der Waals surface area contributed by atoms with Crippen molar-refractivity contribution in [2.24, 2.45) is 0 Å². The van der Waals surface area contributed by atoms with Crippen molar-refractivity contribution in [2.45, 2.75) is 12.5 Å². The Hall–Kier alpha value is -2.37. The summed E-state index contributed by atoms with van der Waals surface area (Å²) in [6, 6.07) is 13.0. The number of nitrogens with one attached hydrogen (secondary N) is 2. The van der Waals surface area contributed by atoms with Gasteiger partial charge in [0.25, 0.3) is 0 Å². The average Bonchev–Trinajstić information content (AvgIpc) is 3.08. The Kier molecular flexibility index (Phi) is 3.96. The predicted octanol–water partition coefficient (Wildman–Crippen LogP) is 3.43. The van der Waals surface area contributed by atoms with Crippen LogP contribution in [-0.4, -0.2) is 34.2 Å². The third kappa shape index (κ3) is 2.88. The van der Waals surface area contributed by atoms with Gasteiger partial charge in [0.05, 0.1) is 11.1 Å². The maximum absolute atomic E-state index is 10.1. The largest absolute Gasteiger partial charge is 0.507 e. The topological polar surface area (TPSA) is 70.1 Å². The molecule has 1 fully saturated rings. The van der Waals surface area contributed by atoms with Gasteiger partial charge in [-0.3, -0.25) is 0 Å². The van der Waals surface area contributed by atoms with Crippen LogP contribution in [0.3, 0.4) is 0 Å². The number of hydrogen-bond donors (Lipinski definition) is 3. The van der Waals surface area contributed by atoms with Crippen molar-refractivity contribution in [2.75, 3.05) is 18.4 Å². The number of phenols is 1. The molecule has 1 unspecified atom stereocenters. The number of aromatic nitrogens is 2. The molecule has 0 radical (unpaired) electrons. The summed E-state index contributed by atoms with van der Waals surface area (Å²) in [7, 11) is 0. The number of rotatable bonds is 3. The Morgan fingerprint density at radius 1 is 1.17 bits per heavy atom. The van der Waals surface area contributed by atoms with Crippen LogP contribution in [0.1, 0.15) is 6.42 Å². The van der Waals surface area contributed by atoms with Gasteiger partial charge in [0.1, 0.15) is 11.6 Å². The number of benzene rings is 2. The highest BCUT2D eigenvalue weighted by molar-refractivity contribution is 6.31. The van der Waals surface area contributed by atoms with Gasteiger partial charge in [-0.15, -0.1) is 0 Å². The quantitative estimate of drug-likeness (QED) is 0.681. The first-order valence-corrected chi connectivity index (χ1v) is 8.31. The van der Waals surface area contributed by atoms with E-state index in [2.05, 4.69) is 20.6 Å². The molecular formula is C18H17ClN4O. The summed E-state index contributed by atoms with van der Waals surface area (Å²) in [5, 5.41) is 18.5. The zero-order chi connectivity index (χ0) is 16.5. The summed E-state index contributed by atoms with van der Waals surface area (Å²) in [6.07, 6.45) is 1.05. The molecular weight excluding hydrogens is 324 g/mol. The zero-order valence-electron chi connectivity index (χ0n) is 13.0. The van der Waals surface area contributed by atoms with E-state index in [1.165, 1.54) is 0 Å². The van der Waals surface area contributed by atoms with Gasteiger partial charge in [-0.05, 0) is 43.3 Å². The van der Waals surface area contributed by atoms with Crippen LogP contribution in [0.2, 0.25) is 5.02 Å². The van der Waals surface area contributed by atoms with Crippen molar-refractivity contribution in [3.63, 3.8) is 0 Å². The molecule has 0 spiro atoms. The minimum atomic E-state index is 0.160. The molecule has 122 valence electrons. The third-order valence-electron chi connectivity index (χ3n) is 4.21. The fourth-order valence-corrected chi connectivity index (χ4v) is 3.13. The first-order valence-electron chi connectivity index (χ1n) is 7.93. The number of aromatic hydroxyl groups is 1. The standard InChI is InChI=1S/C18H17ClN4O/c19-11-5-6-13-15(9-11)22-18(14-3-1-2-4-16(14)24)23-17(13)21-12-7-8-20-10-12/h1-6,9,12,20,24H,7-8,10H2,(H,21,22,23). The van der Waals surface area contributed by atoms with Crippen LogP contribution in [0.4, 0.5) is 5.82 Å². The Morgan fingerprint density at radius 2 is 2.04 bits per heavy atom. The molecule has 0 aliphatic carbocycles. The molecule has 6 heteroatoms. The maximum atomic E-state index is 10.1. The second-order valence-corrected chi connectivity index (χ2v) is 6.34. The van der Waals surface area contributed by atoms with Crippen LogP contribution in [0.15, 0.2) is 42.5 Å². The minimum Gasteiger partial charge on any atom is -0.507 e. The van der Waals surface area contributed by atoms with E-state index in [0.29, 0.717) is 22.5 Å². The fourth-order valence-electron chi connectivity index (χ4n) is 2.97. The number of hydrogen-bond acceptors (Lipinski definition) is 5. The van der Waals surface area contributed by atoms with Gasteiger partial charge in [-0.25, -0.2) is 9.97 Å². The highest BCUT2D eigenvalue weighted by Crippen LogP contribution is 2.31. The van der Waals surface area contributed by atoms with E-state index in [1.54, 1.807) is 12.1 Å². The molecule has 1 aliphatic rings. The molecule has 3 N–H and O–H groups in total. The Morgan fingerprint density at radius 3 is 2.83 bits per heavy atom. The molecule has 24 heavy (non-hydrogen) atoms. The molecule has 1 saturated heterocycles. The van der Waals surface area contributed by atoms with Gasteiger partial charge in [0.2, 0.25) is 0 Å². The van der Waals surface area contributed by atoms with Gasteiger partial charge in [0.15, 0.2) is 5.82 Å². The highest BCUT2D eigenvalue weighted by atomic mass is 35.5. The van der Waals surface area contributed by atoms with Gasteiger partial charge in [-0.2, -0.15) is 0 Å². The Balaban J connectivity index is 1.87. The van der Waals surface area contributed by atoms with Crippen LogP contribution >= 0.6 is 11.6 Å². The number of nitrogens with zero attached hydrogens (tertiary/aromatic N) is 2. The summed E-state index contributed by atoms with van der Waals surface area (Å²) in [4.78, 5) is 9.26. The molecule has 1 atom stereocenters. The number of anilines is 1. The second-order valence-electron chi connectivity index (χ2n) is 5.91. The SMILES string of the molecule is Oc1ccccc1-c1nc(NC2CCNC2)c2ccc(Cl)cc2n1. The van der Waals surface area contributed by atoms with Crippen molar-refractivity contribution in [3.05, 3.63) is 47.5 Å². The van der Waals surface area contributed by atoms with E-state index in [1.807, 2.05) is 30.3 Å². The van der Waals surface area contributed by atoms with Gasteiger partial charge < -0.3 is 15.7 Å². The number of halogens is 1. The van der Waals surface area contributed by atoms with Crippen LogP contribution in [0.5, 0.6) is 5.75 Å². The summed E-state index contributed by atoms with van der Waals surface area (Å²) in [5.74, 6) is 1.41. The molecule has 0 bridgehead atoms. The molecule has 3 aromatic rings. The fraction of sp³-hybridized carbons (Fsp3) is 0.222. The van der Waals surface area contributed by atoms with Crippen molar-refractivity contribution < 1.29 is 5.11 Å². The van der Waals surface area contributed by atoms with E-state index in [4.69, 9.17) is 11.6 Å². The Bertz CT molecular complexity index is 893. The first kappa shape index (κ1) is 15.2. The van der Waals surface area contributed by atoms with Crippen molar-refractivity contribution >= 4 is 28.3 Å². The van der Waals surface area contributed by atoms with E-state index < -0.39 is 0 Å². The second kappa shape index (κ2) is 6.26. The van der Waals surface area contributed by atoms with Gasteiger partial charge in [-0.1, -0.05) is 23.7 Å². The smallest absolute Gasteiger partial charge is 0.165 e. The molecule has 1 aliphatic heterocycles. The number of phenolic OH excluding ortho intramolecular Hbond substituents is 1. The molecule has 1 aromatic heterocycles. The Labute approximate surface area is 144 Å². The monoisotopic (exact) mass is 340 g/mol. The number of fused-ring (bicyclic) bond motifs is 1. The van der Waals surface area contributed by atoms with Crippen LogP contribution in [-0.2, 0) is 0 Å². The van der Waals surface area contributed by atoms with Crippen LogP contribution in [0, 0.1) is 0 Å². The lowest BCUT2D eigenvalue weighted by molar-refractivity contribution is 0.477. The average molecular weight is 341 g/mol. The normalized spacial score (nSPS) is 17.3. The van der Waals surface area contributed by atoms with Crippen molar-refractivity contribution in [1.29, 1.82) is 0 Å². The van der Waals surface area contributed by atoms with E-state index >= 15 is 0 Å². The minimum absolute atomic E-state index is 0.160. The third-order valence-corrected chi connectivity index (χ3v) is 4.44.